The van der Waals surface area contributed by atoms with Crippen LogP contribution in [0.2, 0.25) is 0 Å². The van der Waals surface area contributed by atoms with E-state index in [4.69, 9.17) is 0 Å². The number of rotatable bonds is 2. The maximum absolute atomic E-state index is 3.68. The van der Waals surface area contributed by atoms with Gasteiger partial charge in [0.2, 0.25) is 0 Å². The van der Waals surface area contributed by atoms with Crippen LogP contribution in [0.5, 0.6) is 0 Å². The van der Waals surface area contributed by atoms with Crippen LogP contribution in [-0.2, 0) is 5.41 Å². The highest BCUT2D eigenvalue weighted by atomic mass is 79.9. The zero-order valence-corrected chi connectivity index (χ0v) is 11.4. The van der Waals surface area contributed by atoms with E-state index >= 15 is 0 Å². The molecule has 1 aromatic carbocycles. The summed E-state index contributed by atoms with van der Waals surface area (Å²) in [7, 11) is 0. The van der Waals surface area contributed by atoms with Gasteiger partial charge in [-0.25, -0.2) is 0 Å². The molecule has 0 aromatic heterocycles. The van der Waals surface area contributed by atoms with Gasteiger partial charge in [-0.1, -0.05) is 72.3 Å². The van der Waals surface area contributed by atoms with Gasteiger partial charge < -0.3 is 0 Å². The van der Waals surface area contributed by atoms with Gasteiger partial charge in [0.15, 0.2) is 0 Å². The molecule has 0 bridgehead atoms. The molecule has 1 atom stereocenters. The fraction of sp³-hybridized carbons (Fsp3) is 0.333. The second-order valence-electron chi connectivity index (χ2n) is 4.67. The molecular weight excluding hydrogens is 260 g/mol. The van der Waals surface area contributed by atoms with Crippen LogP contribution in [0.3, 0.4) is 0 Å². The molecule has 0 saturated carbocycles. The summed E-state index contributed by atoms with van der Waals surface area (Å²) in [6, 6.07) is 8.56. The molecule has 1 aliphatic rings. The Morgan fingerprint density at radius 2 is 1.94 bits per heavy atom. The summed E-state index contributed by atoms with van der Waals surface area (Å²) < 4.78 is 1.21. The summed E-state index contributed by atoms with van der Waals surface area (Å²) in [6.45, 7) is 4.59. The predicted octanol–water partition coefficient (Wildman–Crippen LogP) is 4.86. The Bertz CT molecular complexity index is 429. The van der Waals surface area contributed by atoms with Crippen molar-refractivity contribution < 1.29 is 0 Å². The topological polar surface area (TPSA) is 0 Å². The molecule has 1 aliphatic carbocycles. The normalized spacial score (nSPS) is 24.0. The van der Waals surface area contributed by atoms with Crippen molar-refractivity contribution in [2.45, 2.75) is 25.7 Å². The quantitative estimate of drug-likeness (QED) is 0.724. The van der Waals surface area contributed by atoms with Crippen LogP contribution in [0.25, 0.3) is 0 Å². The Hall–Kier alpha value is -0.820. The second kappa shape index (κ2) is 4.58. The first kappa shape index (κ1) is 11.7. The first-order chi connectivity index (χ1) is 7.67. The lowest BCUT2D eigenvalue weighted by atomic mass is 9.68. The summed E-state index contributed by atoms with van der Waals surface area (Å²) >= 11 is 3.68. The molecule has 84 valence electrons. The van der Waals surface area contributed by atoms with Crippen molar-refractivity contribution in [1.82, 2.24) is 0 Å². The van der Waals surface area contributed by atoms with E-state index in [1.165, 1.54) is 10.0 Å². The van der Waals surface area contributed by atoms with Gasteiger partial charge in [-0.2, -0.15) is 0 Å². The SMILES string of the molecule is CC(C)C1(c2ccccc2Br)C=CC=CC1. The van der Waals surface area contributed by atoms with Crippen LogP contribution in [0.15, 0.2) is 53.0 Å². The Morgan fingerprint density at radius 1 is 1.19 bits per heavy atom. The number of allylic oxidation sites excluding steroid dienone is 4. The van der Waals surface area contributed by atoms with Crippen molar-refractivity contribution in [3.63, 3.8) is 0 Å². The number of halogens is 1. The largest absolute Gasteiger partial charge is 0.0833 e. The fourth-order valence-corrected chi connectivity index (χ4v) is 3.07. The average Bonchev–Trinajstić information content (AvgIpc) is 2.30. The molecule has 0 fully saturated rings. The van der Waals surface area contributed by atoms with Crippen LogP contribution >= 0.6 is 15.9 Å². The first-order valence-corrected chi connectivity index (χ1v) is 6.55. The van der Waals surface area contributed by atoms with Gasteiger partial charge in [0, 0.05) is 9.89 Å². The van der Waals surface area contributed by atoms with Gasteiger partial charge in [-0.3, -0.25) is 0 Å². The van der Waals surface area contributed by atoms with Crippen LogP contribution in [0.1, 0.15) is 25.8 Å². The smallest absolute Gasteiger partial charge is 0.0216 e. The third-order valence-electron chi connectivity index (χ3n) is 3.50. The Morgan fingerprint density at radius 3 is 2.50 bits per heavy atom. The van der Waals surface area contributed by atoms with E-state index in [2.05, 4.69) is 78.3 Å². The standard InChI is InChI=1S/C15H17Br/c1-12(2)15(10-6-3-7-11-15)13-8-4-5-9-14(13)16/h3-10,12H,11H2,1-2H3. The van der Waals surface area contributed by atoms with E-state index in [9.17, 15) is 0 Å². The van der Waals surface area contributed by atoms with E-state index < -0.39 is 0 Å². The van der Waals surface area contributed by atoms with Crippen molar-refractivity contribution in [3.05, 3.63) is 58.6 Å². The van der Waals surface area contributed by atoms with Crippen LogP contribution in [-0.4, -0.2) is 0 Å². The van der Waals surface area contributed by atoms with E-state index in [1.807, 2.05) is 0 Å². The molecule has 0 heterocycles. The third kappa shape index (κ3) is 1.89. The summed E-state index contributed by atoms with van der Waals surface area (Å²) in [5.41, 5.74) is 1.54. The van der Waals surface area contributed by atoms with Gasteiger partial charge >= 0.3 is 0 Å². The molecule has 0 N–H and O–H groups in total. The highest BCUT2D eigenvalue weighted by Gasteiger charge is 2.34. The lowest BCUT2D eigenvalue weighted by Crippen LogP contribution is -2.31. The number of hydrogen-bond donors (Lipinski definition) is 0. The highest BCUT2D eigenvalue weighted by Crippen LogP contribution is 2.42. The summed E-state index contributed by atoms with van der Waals surface area (Å²) in [5, 5.41) is 0. The minimum atomic E-state index is 0.148. The maximum atomic E-state index is 3.68. The zero-order chi connectivity index (χ0) is 11.6. The van der Waals surface area contributed by atoms with E-state index in [0.717, 1.165) is 6.42 Å². The van der Waals surface area contributed by atoms with Crippen molar-refractivity contribution in [2.75, 3.05) is 0 Å². The summed E-state index contributed by atoms with van der Waals surface area (Å²) in [6.07, 6.45) is 10.0. The minimum Gasteiger partial charge on any atom is -0.0833 e. The van der Waals surface area contributed by atoms with Crippen LogP contribution in [0.4, 0.5) is 0 Å². The number of hydrogen-bond acceptors (Lipinski definition) is 0. The monoisotopic (exact) mass is 276 g/mol. The lowest BCUT2D eigenvalue weighted by Gasteiger charge is -2.36. The minimum absolute atomic E-state index is 0.148. The highest BCUT2D eigenvalue weighted by molar-refractivity contribution is 9.10. The van der Waals surface area contributed by atoms with Crippen LogP contribution < -0.4 is 0 Å². The molecule has 0 nitrogen and oxygen atoms in total. The van der Waals surface area contributed by atoms with Crippen molar-refractivity contribution >= 4 is 15.9 Å². The fourth-order valence-electron chi connectivity index (χ4n) is 2.41. The average molecular weight is 277 g/mol. The summed E-state index contributed by atoms with van der Waals surface area (Å²) in [4.78, 5) is 0. The molecule has 0 radical (unpaired) electrons. The molecule has 0 saturated heterocycles. The Labute approximate surface area is 106 Å². The van der Waals surface area contributed by atoms with E-state index in [0.29, 0.717) is 5.92 Å². The van der Waals surface area contributed by atoms with Gasteiger partial charge in [0.1, 0.15) is 0 Å². The third-order valence-corrected chi connectivity index (χ3v) is 4.19. The predicted molar refractivity (Wildman–Crippen MR) is 73.6 cm³/mol. The van der Waals surface area contributed by atoms with Crippen molar-refractivity contribution in [2.24, 2.45) is 5.92 Å². The zero-order valence-electron chi connectivity index (χ0n) is 9.78. The van der Waals surface area contributed by atoms with Crippen LogP contribution in [0, 0.1) is 5.92 Å². The molecule has 1 heteroatoms. The van der Waals surface area contributed by atoms with Crippen molar-refractivity contribution in [3.8, 4) is 0 Å². The van der Waals surface area contributed by atoms with E-state index in [1.54, 1.807) is 0 Å². The van der Waals surface area contributed by atoms with Gasteiger partial charge in [-0.15, -0.1) is 0 Å². The van der Waals surface area contributed by atoms with Gasteiger partial charge in [-0.05, 0) is 24.0 Å². The maximum Gasteiger partial charge on any atom is 0.0216 e. The lowest BCUT2D eigenvalue weighted by molar-refractivity contribution is 0.383. The van der Waals surface area contributed by atoms with Gasteiger partial charge in [0.25, 0.3) is 0 Å². The molecule has 0 amide bonds. The molecule has 1 aromatic rings. The van der Waals surface area contributed by atoms with E-state index in [-0.39, 0.29) is 5.41 Å². The Balaban J connectivity index is 2.53. The molecular formula is C15H17Br. The molecule has 2 rings (SSSR count). The second-order valence-corrected chi connectivity index (χ2v) is 5.52. The molecule has 1 unspecified atom stereocenters. The molecule has 0 spiro atoms. The van der Waals surface area contributed by atoms with Gasteiger partial charge in [0.05, 0.1) is 0 Å². The first-order valence-electron chi connectivity index (χ1n) is 5.76. The molecule has 16 heavy (non-hydrogen) atoms. The molecule has 0 aliphatic heterocycles. The Kier molecular flexibility index (Phi) is 3.34. The number of benzene rings is 1. The van der Waals surface area contributed by atoms with Crippen molar-refractivity contribution in [1.29, 1.82) is 0 Å². The summed E-state index contributed by atoms with van der Waals surface area (Å²) in [5.74, 6) is 0.590.